The highest BCUT2D eigenvalue weighted by molar-refractivity contribution is 5.96. The third-order valence-electron chi connectivity index (χ3n) is 5.90. The molecule has 1 aliphatic heterocycles. The first kappa shape index (κ1) is 21.2. The predicted octanol–water partition coefficient (Wildman–Crippen LogP) is 4.14. The fourth-order valence-electron chi connectivity index (χ4n) is 4.35. The molecule has 1 saturated heterocycles. The molecule has 7 heteroatoms. The maximum atomic E-state index is 14.3. The summed E-state index contributed by atoms with van der Waals surface area (Å²) in [4.78, 5) is 19.0. The number of carbonyl (C=O) groups is 1. The average Bonchev–Trinajstić information content (AvgIpc) is 3.39. The Morgan fingerprint density at radius 1 is 1.03 bits per heavy atom. The first-order valence-corrected chi connectivity index (χ1v) is 11.0. The van der Waals surface area contributed by atoms with Gasteiger partial charge in [0, 0.05) is 18.9 Å². The lowest BCUT2D eigenvalue weighted by Gasteiger charge is -2.19. The lowest BCUT2D eigenvalue weighted by Crippen LogP contribution is -2.27. The van der Waals surface area contributed by atoms with Crippen LogP contribution in [0.3, 0.4) is 0 Å². The zero-order chi connectivity index (χ0) is 22.8. The van der Waals surface area contributed by atoms with Gasteiger partial charge in [0.05, 0.1) is 23.3 Å². The van der Waals surface area contributed by atoms with Crippen LogP contribution in [0.25, 0.3) is 11.0 Å². The van der Waals surface area contributed by atoms with E-state index in [-0.39, 0.29) is 37.1 Å². The van der Waals surface area contributed by atoms with E-state index in [1.807, 2.05) is 59.2 Å². The highest BCUT2D eigenvalue weighted by Gasteiger charge is 2.36. The number of hydrogen-bond acceptors (Lipinski definition) is 4. The second-order valence-corrected chi connectivity index (χ2v) is 8.20. The van der Waals surface area contributed by atoms with Gasteiger partial charge in [-0.2, -0.15) is 0 Å². The number of ether oxygens (including phenoxy) is 1. The monoisotopic (exact) mass is 445 g/mol. The highest BCUT2D eigenvalue weighted by Crippen LogP contribution is 2.34. The number of anilines is 1. The van der Waals surface area contributed by atoms with E-state index in [1.54, 1.807) is 18.2 Å². The molecule has 1 fully saturated rings. The molecule has 3 aromatic carbocycles. The molecule has 1 N–H and O–H groups in total. The minimum atomic E-state index is -0.777. The van der Waals surface area contributed by atoms with Gasteiger partial charge in [0.1, 0.15) is 30.1 Å². The SMILES string of the molecule is O=C1C[C@@H](c2nc3ccccc3n2C[C@@H](O)COc2ccccc2)CN1c1ccccc1F. The number of imidazole rings is 1. The molecule has 4 aromatic rings. The Bertz CT molecular complexity index is 1270. The molecule has 6 nitrogen and oxygen atoms in total. The first-order chi connectivity index (χ1) is 16.1. The van der Waals surface area contributed by atoms with Gasteiger partial charge in [-0.1, -0.05) is 42.5 Å². The summed E-state index contributed by atoms with van der Waals surface area (Å²) in [6.45, 7) is 0.730. The van der Waals surface area contributed by atoms with Gasteiger partial charge in [0.25, 0.3) is 0 Å². The number of para-hydroxylation sites is 4. The van der Waals surface area contributed by atoms with Gasteiger partial charge in [-0.05, 0) is 36.4 Å². The molecule has 0 spiro atoms. The first-order valence-electron chi connectivity index (χ1n) is 11.0. The third kappa shape index (κ3) is 4.32. The van der Waals surface area contributed by atoms with E-state index in [2.05, 4.69) is 0 Å². The van der Waals surface area contributed by atoms with Crippen LogP contribution in [0.4, 0.5) is 10.1 Å². The van der Waals surface area contributed by atoms with Crippen molar-refractivity contribution in [3.05, 3.63) is 90.5 Å². The quantitative estimate of drug-likeness (QED) is 0.464. The normalized spacial score (nSPS) is 17.0. The summed E-state index contributed by atoms with van der Waals surface area (Å²) in [5.74, 6) is 0.619. The Hall–Kier alpha value is -3.71. The van der Waals surface area contributed by atoms with Crippen LogP contribution in [-0.4, -0.2) is 39.8 Å². The molecule has 2 heterocycles. The van der Waals surface area contributed by atoms with Gasteiger partial charge in [-0.3, -0.25) is 4.79 Å². The van der Waals surface area contributed by atoms with Gasteiger partial charge >= 0.3 is 0 Å². The maximum Gasteiger partial charge on any atom is 0.227 e. The Morgan fingerprint density at radius 2 is 1.76 bits per heavy atom. The Labute approximate surface area is 190 Å². The molecule has 0 radical (unpaired) electrons. The van der Waals surface area contributed by atoms with E-state index in [0.717, 1.165) is 11.0 Å². The fourth-order valence-corrected chi connectivity index (χ4v) is 4.35. The average molecular weight is 445 g/mol. The van der Waals surface area contributed by atoms with Crippen LogP contribution in [0.15, 0.2) is 78.9 Å². The molecule has 5 rings (SSSR count). The standard InChI is InChI=1S/C26H24FN3O3/c27-21-10-4-6-12-23(21)29-15-18(14-25(29)32)26-28-22-11-5-7-13-24(22)30(26)16-19(31)17-33-20-8-2-1-3-9-20/h1-13,18-19,31H,14-17H2/t18-,19-/m1/s1. The van der Waals surface area contributed by atoms with Crippen LogP contribution in [0.5, 0.6) is 5.75 Å². The summed E-state index contributed by atoms with van der Waals surface area (Å²) >= 11 is 0. The van der Waals surface area contributed by atoms with Crippen molar-refractivity contribution >= 4 is 22.6 Å². The molecule has 0 saturated carbocycles. The third-order valence-corrected chi connectivity index (χ3v) is 5.90. The molecule has 1 aliphatic rings. The summed E-state index contributed by atoms with van der Waals surface area (Å²) in [6.07, 6.45) is -0.546. The number of hydrogen-bond donors (Lipinski definition) is 1. The van der Waals surface area contributed by atoms with Crippen LogP contribution < -0.4 is 9.64 Å². The largest absolute Gasteiger partial charge is 0.491 e. The molecule has 0 bridgehead atoms. The van der Waals surface area contributed by atoms with Gasteiger partial charge in [0.2, 0.25) is 5.91 Å². The maximum absolute atomic E-state index is 14.3. The van der Waals surface area contributed by atoms with Crippen molar-refractivity contribution in [2.45, 2.75) is 25.0 Å². The van der Waals surface area contributed by atoms with Crippen molar-refractivity contribution in [3.8, 4) is 5.75 Å². The molecule has 168 valence electrons. The summed E-state index contributed by atoms with van der Waals surface area (Å²) < 4.78 is 22.0. The van der Waals surface area contributed by atoms with E-state index in [0.29, 0.717) is 18.1 Å². The smallest absolute Gasteiger partial charge is 0.227 e. The molecule has 33 heavy (non-hydrogen) atoms. The number of halogens is 1. The fraction of sp³-hybridized carbons (Fsp3) is 0.231. The van der Waals surface area contributed by atoms with E-state index in [9.17, 15) is 14.3 Å². The number of fused-ring (bicyclic) bond motifs is 1. The Kier molecular flexibility index (Phi) is 5.79. The molecule has 1 amide bonds. The molecule has 1 aromatic heterocycles. The Balaban J connectivity index is 1.40. The second-order valence-electron chi connectivity index (χ2n) is 8.20. The van der Waals surface area contributed by atoms with Crippen LogP contribution in [-0.2, 0) is 11.3 Å². The van der Waals surface area contributed by atoms with Gasteiger partial charge in [-0.15, -0.1) is 0 Å². The number of benzene rings is 3. The zero-order valence-electron chi connectivity index (χ0n) is 18.0. The molecule has 0 unspecified atom stereocenters. The lowest BCUT2D eigenvalue weighted by molar-refractivity contribution is -0.117. The lowest BCUT2D eigenvalue weighted by atomic mass is 10.1. The summed E-state index contributed by atoms with van der Waals surface area (Å²) in [7, 11) is 0. The number of aromatic nitrogens is 2. The number of nitrogens with zero attached hydrogens (tertiary/aromatic N) is 3. The molecule has 2 atom stereocenters. The summed E-state index contributed by atoms with van der Waals surface area (Å²) in [5.41, 5.74) is 1.95. The van der Waals surface area contributed by atoms with Gasteiger partial charge < -0.3 is 19.3 Å². The van der Waals surface area contributed by atoms with E-state index in [1.165, 1.54) is 11.0 Å². The van der Waals surface area contributed by atoms with Crippen LogP contribution in [0.1, 0.15) is 18.2 Å². The minimum absolute atomic E-state index is 0.126. The van der Waals surface area contributed by atoms with Crippen LogP contribution >= 0.6 is 0 Å². The predicted molar refractivity (Wildman–Crippen MR) is 124 cm³/mol. The van der Waals surface area contributed by atoms with Crippen molar-refractivity contribution in [1.82, 2.24) is 9.55 Å². The van der Waals surface area contributed by atoms with Gasteiger partial charge in [0.15, 0.2) is 0 Å². The topological polar surface area (TPSA) is 67.6 Å². The van der Waals surface area contributed by atoms with Crippen LogP contribution in [0, 0.1) is 5.82 Å². The zero-order valence-corrected chi connectivity index (χ0v) is 18.0. The molecular formula is C26H24FN3O3. The minimum Gasteiger partial charge on any atom is -0.491 e. The van der Waals surface area contributed by atoms with Crippen molar-refractivity contribution < 1.29 is 19.0 Å². The van der Waals surface area contributed by atoms with E-state index in [4.69, 9.17) is 9.72 Å². The second kappa shape index (κ2) is 9.03. The number of aliphatic hydroxyl groups excluding tert-OH is 1. The molecule has 0 aliphatic carbocycles. The van der Waals surface area contributed by atoms with Gasteiger partial charge in [-0.25, -0.2) is 9.37 Å². The number of rotatable bonds is 7. The van der Waals surface area contributed by atoms with Crippen molar-refractivity contribution in [1.29, 1.82) is 0 Å². The summed E-state index contributed by atoms with van der Waals surface area (Å²) in [6, 6.07) is 23.3. The van der Waals surface area contributed by atoms with E-state index < -0.39 is 11.9 Å². The van der Waals surface area contributed by atoms with E-state index >= 15 is 0 Å². The van der Waals surface area contributed by atoms with Crippen molar-refractivity contribution in [3.63, 3.8) is 0 Å². The highest BCUT2D eigenvalue weighted by atomic mass is 19.1. The number of carbonyl (C=O) groups excluding carboxylic acids is 1. The summed E-state index contributed by atoms with van der Waals surface area (Å²) in [5, 5.41) is 10.7. The van der Waals surface area contributed by atoms with Crippen molar-refractivity contribution in [2.75, 3.05) is 18.1 Å². The molecular weight excluding hydrogens is 421 g/mol. The van der Waals surface area contributed by atoms with Crippen molar-refractivity contribution in [2.24, 2.45) is 0 Å². The number of aliphatic hydroxyl groups is 1. The number of amides is 1. The Morgan fingerprint density at radius 3 is 2.58 bits per heavy atom. The van der Waals surface area contributed by atoms with Crippen LogP contribution in [0.2, 0.25) is 0 Å².